The van der Waals surface area contributed by atoms with Crippen LogP contribution in [0.2, 0.25) is 0 Å². The largest absolute Gasteiger partial charge is 0.385 e. The first-order valence-corrected chi connectivity index (χ1v) is 10.5. The number of benzene rings is 2. The molecule has 0 spiro atoms. The van der Waals surface area contributed by atoms with Crippen molar-refractivity contribution in [3.63, 3.8) is 0 Å². The third kappa shape index (κ3) is 4.82. The first kappa shape index (κ1) is 20.2. The number of anilines is 2. The van der Waals surface area contributed by atoms with Gasteiger partial charge in [-0.05, 0) is 56.9 Å². The van der Waals surface area contributed by atoms with Gasteiger partial charge in [0.15, 0.2) is 10.1 Å². The third-order valence-electron chi connectivity index (χ3n) is 4.08. The predicted molar refractivity (Wildman–Crippen MR) is 118 cm³/mol. The van der Waals surface area contributed by atoms with Gasteiger partial charge in [-0.1, -0.05) is 55.0 Å². The smallest absolute Gasteiger partial charge is 0.258 e. The number of thiazole rings is 1. The molecule has 3 rings (SSSR count). The highest BCUT2D eigenvalue weighted by molar-refractivity contribution is 9.10. The standard InChI is InChI=1S/C20H19BrN4O2S/c1-2-3-11-22-14-9-10-15(16(12-14)13-7-5-4-6-8-13)18(26)24-20-23-17(21)19(25-27)28-20/h4-10,12,22H,2-3,11H2,1H3,(H,23,24,26). The number of carbonyl (C=O) groups is 1. The molecule has 3 aromatic rings. The lowest BCUT2D eigenvalue weighted by atomic mass is 9.98. The quantitative estimate of drug-likeness (QED) is 0.300. The van der Waals surface area contributed by atoms with E-state index in [4.69, 9.17) is 0 Å². The van der Waals surface area contributed by atoms with Crippen molar-refractivity contribution in [3.05, 3.63) is 63.6 Å². The van der Waals surface area contributed by atoms with Gasteiger partial charge in [-0.3, -0.25) is 10.1 Å². The molecule has 1 heterocycles. The zero-order valence-corrected chi connectivity index (χ0v) is 17.6. The van der Waals surface area contributed by atoms with E-state index in [0.29, 0.717) is 15.3 Å². The molecule has 6 nitrogen and oxygen atoms in total. The highest BCUT2D eigenvalue weighted by atomic mass is 79.9. The van der Waals surface area contributed by atoms with Gasteiger partial charge in [0.25, 0.3) is 5.91 Å². The molecule has 0 saturated carbocycles. The summed E-state index contributed by atoms with van der Waals surface area (Å²) in [7, 11) is 0. The number of amides is 1. The van der Waals surface area contributed by atoms with E-state index in [1.807, 2.05) is 42.5 Å². The number of halogens is 1. The van der Waals surface area contributed by atoms with E-state index in [2.05, 4.69) is 43.6 Å². The predicted octanol–water partition coefficient (Wildman–Crippen LogP) is 6.43. The number of rotatable bonds is 8. The van der Waals surface area contributed by atoms with Crippen LogP contribution in [0.3, 0.4) is 0 Å². The molecule has 0 saturated heterocycles. The Balaban J connectivity index is 1.91. The number of hydrogen-bond acceptors (Lipinski definition) is 6. The molecule has 1 aromatic heterocycles. The molecule has 0 aliphatic carbocycles. The van der Waals surface area contributed by atoms with Crippen molar-refractivity contribution in [1.29, 1.82) is 0 Å². The molecule has 2 aromatic carbocycles. The second kappa shape index (κ2) is 9.57. The van der Waals surface area contributed by atoms with Gasteiger partial charge in [-0.15, -0.1) is 4.91 Å². The minimum atomic E-state index is -0.294. The molecule has 0 aliphatic heterocycles. The fraction of sp³-hybridized carbons (Fsp3) is 0.200. The Labute approximate surface area is 175 Å². The Bertz CT molecular complexity index is 976. The summed E-state index contributed by atoms with van der Waals surface area (Å²) in [6, 6.07) is 15.4. The van der Waals surface area contributed by atoms with E-state index in [1.165, 1.54) is 0 Å². The summed E-state index contributed by atoms with van der Waals surface area (Å²) in [5, 5.41) is 9.54. The molecule has 144 valence electrons. The third-order valence-corrected chi connectivity index (χ3v) is 5.74. The maximum Gasteiger partial charge on any atom is 0.258 e. The van der Waals surface area contributed by atoms with E-state index in [0.717, 1.165) is 47.5 Å². The number of nitrogens with one attached hydrogen (secondary N) is 2. The Morgan fingerprint density at radius 1 is 1.21 bits per heavy atom. The van der Waals surface area contributed by atoms with Gasteiger partial charge in [0.2, 0.25) is 0 Å². The zero-order chi connectivity index (χ0) is 19.9. The van der Waals surface area contributed by atoms with Gasteiger partial charge in [0, 0.05) is 17.8 Å². The SMILES string of the molecule is CCCCNc1ccc(C(=O)Nc2nc(Br)c(N=O)s2)c(-c2ccccc2)c1. The van der Waals surface area contributed by atoms with E-state index in [-0.39, 0.29) is 10.9 Å². The van der Waals surface area contributed by atoms with Crippen LogP contribution in [0.1, 0.15) is 30.1 Å². The molecule has 2 N–H and O–H groups in total. The second-order valence-electron chi connectivity index (χ2n) is 6.07. The monoisotopic (exact) mass is 458 g/mol. The van der Waals surface area contributed by atoms with Crippen molar-refractivity contribution in [2.45, 2.75) is 19.8 Å². The number of carbonyl (C=O) groups excluding carboxylic acids is 1. The maximum atomic E-state index is 12.9. The van der Waals surface area contributed by atoms with Crippen LogP contribution in [0.4, 0.5) is 15.8 Å². The number of aromatic nitrogens is 1. The van der Waals surface area contributed by atoms with Crippen LogP contribution in [0, 0.1) is 4.91 Å². The summed E-state index contributed by atoms with van der Waals surface area (Å²) in [6.45, 7) is 3.03. The maximum absolute atomic E-state index is 12.9. The molecule has 0 fully saturated rings. The Kier molecular flexibility index (Phi) is 6.89. The van der Waals surface area contributed by atoms with E-state index in [1.54, 1.807) is 6.07 Å². The van der Waals surface area contributed by atoms with Crippen molar-refractivity contribution in [2.24, 2.45) is 5.18 Å². The lowest BCUT2D eigenvalue weighted by Gasteiger charge is -2.13. The highest BCUT2D eigenvalue weighted by Crippen LogP contribution is 2.35. The fourth-order valence-corrected chi connectivity index (χ4v) is 3.93. The molecule has 0 bridgehead atoms. The summed E-state index contributed by atoms with van der Waals surface area (Å²) in [6.07, 6.45) is 2.19. The summed E-state index contributed by atoms with van der Waals surface area (Å²) in [5.41, 5.74) is 3.26. The minimum Gasteiger partial charge on any atom is -0.385 e. The molecule has 0 unspecified atom stereocenters. The van der Waals surface area contributed by atoms with Gasteiger partial charge in [0.05, 0.1) is 0 Å². The van der Waals surface area contributed by atoms with Gasteiger partial charge in [-0.25, -0.2) is 4.98 Å². The van der Waals surface area contributed by atoms with E-state index >= 15 is 0 Å². The zero-order valence-electron chi connectivity index (χ0n) is 15.2. The second-order valence-corrected chi connectivity index (χ2v) is 7.80. The van der Waals surface area contributed by atoms with Crippen molar-refractivity contribution < 1.29 is 4.79 Å². The lowest BCUT2D eigenvalue weighted by Crippen LogP contribution is -2.13. The molecular weight excluding hydrogens is 440 g/mol. The Morgan fingerprint density at radius 2 is 2.00 bits per heavy atom. The topological polar surface area (TPSA) is 83.4 Å². The minimum absolute atomic E-state index is 0.189. The fourth-order valence-electron chi connectivity index (χ4n) is 2.69. The van der Waals surface area contributed by atoms with Crippen molar-refractivity contribution in [3.8, 4) is 11.1 Å². The van der Waals surface area contributed by atoms with Crippen molar-refractivity contribution >= 4 is 49.0 Å². The molecule has 0 aliphatic rings. The van der Waals surface area contributed by atoms with E-state index in [9.17, 15) is 9.70 Å². The van der Waals surface area contributed by atoms with Crippen LogP contribution in [0.15, 0.2) is 58.3 Å². The van der Waals surface area contributed by atoms with Crippen LogP contribution in [-0.4, -0.2) is 17.4 Å². The van der Waals surface area contributed by atoms with E-state index < -0.39 is 0 Å². The molecule has 0 atom stereocenters. The van der Waals surface area contributed by atoms with Crippen LogP contribution >= 0.6 is 27.3 Å². The summed E-state index contributed by atoms with van der Waals surface area (Å²) >= 11 is 4.18. The highest BCUT2D eigenvalue weighted by Gasteiger charge is 2.17. The van der Waals surface area contributed by atoms with Gasteiger partial charge in [0.1, 0.15) is 4.60 Å². The van der Waals surface area contributed by atoms with Gasteiger partial charge < -0.3 is 5.32 Å². The van der Waals surface area contributed by atoms with Gasteiger partial charge >= 0.3 is 0 Å². The molecular formula is C20H19BrN4O2S. The number of nitrogens with zero attached hydrogens (tertiary/aromatic N) is 2. The Morgan fingerprint density at radius 3 is 2.68 bits per heavy atom. The summed E-state index contributed by atoms with van der Waals surface area (Å²) < 4.78 is 0.321. The van der Waals surface area contributed by atoms with Crippen LogP contribution in [0.25, 0.3) is 11.1 Å². The lowest BCUT2D eigenvalue weighted by molar-refractivity contribution is 0.102. The van der Waals surface area contributed by atoms with Crippen LogP contribution < -0.4 is 10.6 Å². The summed E-state index contributed by atoms with van der Waals surface area (Å²) in [5.74, 6) is -0.294. The number of hydrogen-bond donors (Lipinski definition) is 2. The molecule has 0 radical (unpaired) electrons. The molecule has 8 heteroatoms. The molecule has 1 amide bonds. The number of unbranched alkanes of at least 4 members (excludes halogenated alkanes) is 1. The average Bonchev–Trinajstić information content (AvgIpc) is 3.07. The normalized spacial score (nSPS) is 10.5. The average molecular weight is 459 g/mol. The van der Waals surface area contributed by atoms with Gasteiger partial charge in [-0.2, -0.15) is 0 Å². The van der Waals surface area contributed by atoms with Crippen LogP contribution in [-0.2, 0) is 0 Å². The summed E-state index contributed by atoms with van der Waals surface area (Å²) in [4.78, 5) is 27.8. The van der Waals surface area contributed by atoms with Crippen molar-refractivity contribution in [1.82, 2.24) is 4.98 Å². The van der Waals surface area contributed by atoms with Crippen LogP contribution in [0.5, 0.6) is 0 Å². The first-order valence-electron chi connectivity index (χ1n) is 8.86. The van der Waals surface area contributed by atoms with Crippen molar-refractivity contribution in [2.75, 3.05) is 17.2 Å². The first-order chi connectivity index (χ1) is 13.6. The molecule has 28 heavy (non-hydrogen) atoms. The number of nitroso groups, excluding NO2 is 1. The Hall–Kier alpha value is -2.58.